The van der Waals surface area contributed by atoms with Crippen molar-refractivity contribution in [3.05, 3.63) is 0 Å². The van der Waals surface area contributed by atoms with Crippen molar-refractivity contribution in [2.24, 2.45) is 11.3 Å². The number of nitrogens with one attached hydrogen (secondary N) is 1. The quantitative estimate of drug-likeness (QED) is 0.696. The van der Waals surface area contributed by atoms with E-state index in [2.05, 4.69) is 19.2 Å². The lowest BCUT2D eigenvalue weighted by atomic mass is 9.94. The number of carbonyl (C=O) groups is 1. The second kappa shape index (κ2) is 4.12. The van der Waals surface area contributed by atoms with E-state index >= 15 is 0 Å². The molecule has 0 aliphatic heterocycles. The van der Waals surface area contributed by atoms with Gasteiger partial charge >= 0.3 is 0 Å². The molecule has 1 fully saturated rings. The third-order valence-electron chi connectivity index (χ3n) is 3.41. The molecule has 0 radical (unpaired) electrons. The summed E-state index contributed by atoms with van der Waals surface area (Å²) in [4.78, 5) is 10.7. The van der Waals surface area contributed by atoms with Gasteiger partial charge in [0.25, 0.3) is 0 Å². The second-order valence-electron chi connectivity index (χ2n) is 4.30. The lowest BCUT2D eigenvalue weighted by Crippen LogP contribution is -2.24. The van der Waals surface area contributed by atoms with E-state index in [1.165, 1.54) is 25.7 Å². The van der Waals surface area contributed by atoms with Crippen LogP contribution in [0, 0.1) is 11.3 Å². The first-order valence-electron chi connectivity index (χ1n) is 5.39. The van der Waals surface area contributed by atoms with E-state index in [1.807, 2.05) is 0 Å². The maximum Gasteiger partial charge on any atom is 0.216 e. The molecule has 2 unspecified atom stereocenters. The molecule has 2 heteroatoms. The molecule has 0 spiro atoms. The van der Waals surface area contributed by atoms with Gasteiger partial charge in [0, 0.05) is 13.5 Å². The van der Waals surface area contributed by atoms with E-state index in [4.69, 9.17) is 0 Å². The Labute approximate surface area is 81.1 Å². The number of rotatable bonds is 5. The highest BCUT2D eigenvalue weighted by atomic mass is 16.1. The van der Waals surface area contributed by atoms with Gasteiger partial charge in [-0.15, -0.1) is 0 Å². The Morgan fingerprint density at radius 2 is 2.23 bits per heavy atom. The van der Waals surface area contributed by atoms with Gasteiger partial charge in [-0.2, -0.15) is 0 Å². The van der Waals surface area contributed by atoms with Crippen LogP contribution in [0.1, 0.15) is 46.5 Å². The van der Waals surface area contributed by atoms with E-state index < -0.39 is 0 Å². The van der Waals surface area contributed by atoms with Crippen LogP contribution < -0.4 is 5.32 Å². The average molecular weight is 183 g/mol. The van der Waals surface area contributed by atoms with Gasteiger partial charge in [0.2, 0.25) is 5.91 Å². The van der Waals surface area contributed by atoms with Gasteiger partial charge in [0.05, 0.1) is 0 Å². The van der Waals surface area contributed by atoms with Crippen LogP contribution in [-0.2, 0) is 4.79 Å². The summed E-state index contributed by atoms with van der Waals surface area (Å²) in [5.74, 6) is 0.856. The first-order valence-corrected chi connectivity index (χ1v) is 5.39. The van der Waals surface area contributed by atoms with Gasteiger partial charge in [-0.25, -0.2) is 0 Å². The fourth-order valence-corrected chi connectivity index (χ4v) is 2.40. The standard InChI is InChI=1S/C11H21NO/c1-4-6-11(5-2)7-10(11)8-12-9(3)13/h10H,4-8H2,1-3H3,(H,12,13). The molecular formula is C11H21NO. The van der Waals surface area contributed by atoms with Crippen LogP contribution >= 0.6 is 0 Å². The lowest BCUT2D eigenvalue weighted by molar-refractivity contribution is -0.119. The average Bonchev–Trinajstić information content (AvgIpc) is 2.77. The summed E-state index contributed by atoms with van der Waals surface area (Å²) in [6, 6.07) is 0. The smallest absolute Gasteiger partial charge is 0.216 e. The van der Waals surface area contributed by atoms with Crippen LogP contribution in [0.15, 0.2) is 0 Å². The molecule has 1 amide bonds. The van der Waals surface area contributed by atoms with Gasteiger partial charge in [0.15, 0.2) is 0 Å². The zero-order chi connectivity index (χ0) is 9.90. The first-order chi connectivity index (χ1) is 6.14. The molecule has 1 N–H and O–H groups in total. The van der Waals surface area contributed by atoms with Crippen molar-refractivity contribution >= 4 is 5.91 Å². The molecule has 1 aliphatic rings. The van der Waals surface area contributed by atoms with E-state index in [9.17, 15) is 4.79 Å². The maximum absolute atomic E-state index is 10.7. The van der Waals surface area contributed by atoms with Gasteiger partial charge in [-0.3, -0.25) is 4.79 Å². The Balaban J connectivity index is 2.28. The van der Waals surface area contributed by atoms with Gasteiger partial charge in [-0.05, 0) is 24.2 Å². The molecule has 13 heavy (non-hydrogen) atoms. The molecule has 0 aromatic carbocycles. The molecule has 2 atom stereocenters. The van der Waals surface area contributed by atoms with E-state index in [1.54, 1.807) is 6.92 Å². The Hall–Kier alpha value is -0.530. The third-order valence-corrected chi connectivity index (χ3v) is 3.41. The Morgan fingerprint density at radius 3 is 2.69 bits per heavy atom. The van der Waals surface area contributed by atoms with E-state index in [-0.39, 0.29) is 5.91 Å². The second-order valence-corrected chi connectivity index (χ2v) is 4.30. The molecule has 0 aromatic rings. The topological polar surface area (TPSA) is 29.1 Å². The van der Waals surface area contributed by atoms with Crippen molar-refractivity contribution < 1.29 is 4.79 Å². The Morgan fingerprint density at radius 1 is 1.54 bits per heavy atom. The monoisotopic (exact) mass is 183 g/mol. The number of hydrogen-bond donors (Lipinski definition) is 1. The predicted octanol–water partition coefficient (Wildman–Crippen LogP) is 2.34. The van der Waals surface area contributed by atoms with Crippen LogP contribution in [0.2, 0.25) is 0 Å². The predicted molar refractivity (Wildman–Crippen MR) is 54.4 cm³/mol. The molecule has 0 bridgehead atoms. The van der Waals surface area contributed by atoms with Crippen molar-refractivity contribution in [3.8, 4) is 0 Å². The molecule has 0 heterocycles. The minimum Gasteiger partial charge on any atom is -0.356 e. The fourth-order valence-electron chi connectivity index (χ4n) is 2.40. The van der Waals surface area contributed by atoms with Crippen LogP contribution in [0.4, 0.5) is 0 Å². The zero-order valence-corrected chi connectivity index (χ0v) is 9.02. The summed E-state index contributed by atoms with van der Waals surface area (Å²) in [6.45, 7) is 6.99. The highest BCUT2D eigenvalue weighted by Crippen LogP contribution is 2.57. The highest BCUT2D eigenvalue weighted by Gasteiger charge is 2.50. The summed E-state index contributed by atoms with van der Waals surface area (Å²) in [7, 11) is 0. The van der Waals surface area contributed by atoms with Crippen LogP contribution in [-0.4, -0.2) is 12.5 Å². The maximum atomic E-state index is 10.7. The fraction of sp³-hybridized carbons (Fsp3) is 0.909. The van der Waals surface area contributed by atoms with Crippen molar-refractivity contribution in [1.82, 2.24) is 5.32 Å². The number of amides is 1. The molecular weight excluding hydrogens is 162 g/mol. The molecule has 2 nitrogen and oxygen atoms in total. The lowest BCUT2D eigenvalue weighted by Gasteiger charge is -2.13. The number of hydrogen-bond acceptors (Lipinski definition) is 1. The summed E-state index contributed by atoms with van der Waals surface area (Å²) in [6.07, 6.45) is 5.18. The molecule has 1 aliphatic carbocycles. The van der Waals surface area contributed by atoms with E-state index in [0.717, 1.165) is 12.5 Å². The first kappa shape index (κ1) is 10.6. The summed E-state index contributed by atoms with van der Waals surface area (Å²) in [5.41, 5.74) is 0.581. The van der Waals surface area contributed by atoms with Gasteiger partial charge < -0.3 is 5.32 Å². The third kappa shape index (κ3) is 2.45. The molecule has 76 valence electrons. The Bertz CT molecular complexity index is 191. The SMILES string of the molecule is CCCC1(CC)CC1CNC(C)=O. The molecule has 1 rings (SSSR count). The van der Waals surface area contributed by atoms with Gasteiger partial charge in [0.1, 0.15) is 0 Å². The minimum atomic E-state index is 0.105. The summed E-state index contributed by atoms with van der Waals surface area (Å²) < 4.78 is 0. The van der Waals surface area contributed by atoms with Crippen LogP contribution in [0.3, 0.4) is 0 Å². The molecule has 0 aromatic heterocycles. The van der Waals surface area contributed by atoms with Crippen LogP contribution in [0.5, 0.6) is 0 Å². The van der Waals surface area contributed by atoms with Gasteiger partial charge in [-0.1, -0.05) is 26.7 Å². The van der Waals surface area contributed by atoms with Crippen molar-refractivity contribution in [1.29, 1.82) is 0 Å². The molecule has 0 saturated heterocycles. The molecule has 1 saturated carbocycles. The summed E-state index contributed by atoms with van der Waals surface area (Å²) >= 11 is 0. The number of carbonyl (C=O) groups excluding carboxylic acids is 1. The highest BCUT2D eigenvalue weighted by molar-refractivity contribution is 5.72. The van der Waals surface area contributed by atoms with Crippen molar-refractivity contribution in [3.63, 3.8) is 0 Å². The van der Waals surface area contributed by atoms with Crippen molar-refractivity contribution in [2.45, 2.75) is 46.5 Å². The zero-order valence-electron chi connectivity index (χ0n) is 9.02. The normalized spacial score (nSPS) is 31.5. The van der Waals surface area contributed by atoms with E-state index in [0.29, 0.717) is 5.41 Å². The van der Waals surface area contributed by atoms with Crippen LogP contribution in [0.25, 0.3) is 0 Å². The van der Waals surface area contributed by atoms with Crippen molar-refractivity contribution in [2.75, 3.05) is 6.54 Å². The minimum absolute atomic E-state index is 0.105. The summed E-state index contributed by atoms with van der Waals surface area (Å²) in [5, 5.41) is 2.92. The Kier molecular flexibility index (Phi) is 3.34. The largest absolute Gasteiger partial charge is 0.356 e.